The maximum Gasteiger partial charge on any atom is 0.327 e. The van der Waals surface area contributed by atoms with E-state index in [0.29, 0.717) is 25.4 Å². The highest BCUT2D eigenvalue weighted by Gasteiger charge is 2.34. The van der Waals surface area contributed by atoms with Crippen molar-refractivity contribution in [3.8, 4) is 6.07 Å². The predicted molar refractivity (Wildman–Crippen MR) is 68.3 cm³/mol. The van der Waals surface area contributed by atoms with Crippen LogP contribution in [-0.2, 0) is 4.79 Å². The molecule has 0 aromatic heterocycles. The number of carboxylic acid groups (broad SMARTS) is 1. The number of urea groups is 1. The topological polar surface area (TPSA) is 84.6 Å². The fourth-order valence-corrected chi connectivity index (χ4v) is 2.83. The molecule has 1 fully saturated rings. The zero-order valence-electron chi connectivity index (χ0n) is 10.3. The summed E-state index contributed by atoms with van der Waals surface area (Å²) in [5, 5.41) is 17.7. The SMILES string of the molecule is CCN(CCC#N)C(=O)N1CCSCC1C(=O)O. The summed E-state index contributed by atoms with van der Waals surface area (Å²) in [5.41, 5.74) is 0. The van der Waals surface area contributed by atoms with Crippen molar-refractivity contribution < 1.29 is 14.7 Å². The van der Waals surface area contributed by atoms with Crippen molar-refractivity contribution in [1.82, 2.24) is 9.80 Å². The van der Waals surface area contributed by atoms with Gasteiger partial charge in [-0.3, -0.25) is 0 Å². The molecular formula is C11H17N3O3S. The molecule has 1 aliphatic rings. The Kier molecular flexibility index (Phi) is 5.78. The van der Waals surface area contributed by atoms with Crippen molar-refractivity contribution in [3.63, 3.8) is 0 Å². The number of carbonyl (C=O) groups excluding carboxylic acids is 1. The van der Waals surface area contributed by atoms with Gasteiger partial charge in [0.15, 0.2) is 0 Å². The summed E-state index contributed by atoms with van der Waals surface area (Å²) in [7, 11) is 0. The Labute approximate surface area is 111 Å². The lowest BCUT2D eigenvalue weighted by molar-refractivity contribution is -0.141. The molecule has 6 nitrogen and oxygen atoms in total. The highest BCUT2D eigenvalue weighted by atomic mass is 32.2. The highest BCUT2D eigenvalue weighted by molar-refractivity contribution is 7.99. The lowest BCUT2D eigenvalue weighted by Gasteiger charge is -2.36. The zero-order chi connectivity index (χ0) is 13.5. The van der Waals surface area contributed by atoms with Crippen LogP contribution in [0.2, 0.25) is 0 Å². The minimum absolute atomic E-state index is 0.264. The molecule has 7 heteroatoms. The molecule has 0 aromatic rings. The summed E-state index contributed by atoms with van der Waals surface area (Å²) in [5.74, 6) is 0.217. The molecule has 0 spiro atoms. The first-order valence-electron chi connectivity index (χ1n) is 5.84. The maximum atomic E-state index is 12.2. The molecule has 1 atom stereocenters. The van der Waals surface area contributed by atoms with Crippen LogP contribution in [0.4, 0.5) is 4.79 Å². The van der Waals surface area contributed by atoms with Gasteiger partial charge in [-0.15, -0.1) is 0 Å². The number of hydrogen-bond donors (Lipinski definition) is 1. The Balaban J connectivity index is 2.72. The van der Waals surface area contributed by atoms with Gasteiger partial charge in [0, 0.05) is 31.1 Å². The number of thioether (sulfide) groups is 1. The standard InChI is InChI=1S/C11H17N3O3S/c1-2-13(5-3-4-12)11(17)14-6-7-18-8-9(14)10(15)16/h9H,2-3,5-8H2,1H3,(H,15,16). The van der Waals surface area contributed by atoms with Gasteiger partial charge in [-0.2, -0.15) is 17.0 Å². The number of rotatable bonds is 4. The monoisotopic (exact) mass is 271 g/mol. The maximum absolute atomic E-state index is 12.2. The van der Waals surface area contributed by atoms with Gasteiger partial charge >= 0.3 is 12.0 Å². The minimum Gasteiger partial charge on any atom is -0.480 e. The van der Waals surface area contributed by atoms with Gasteiger partial charge in [0.05, 0.1) is 12.5 Å². The first-order chi connectivity index (χ1) is 8.61. The van der Waals surface area contributed by atoms with Crippen molar-refractivity contribution in [2.24, 2.45) is 0 Å². The van der Waals surface area contributed by atoms with Crippen LogP contribution >= 0.6 is 11.8 Å². The quantitative estimate of drug-likeness (QED) is 0.819. The summed E-state index contributed by atoms with van der Waals surface area (Å²) >= 11 is 1.54. The van der Waals surface area contributed by atoms with Crippen molar-refractivity contribution >= 4 is 23.8 Å². The summed E-state index contributed by atoms with van der Waals surface area (Å²) in [4.78, 5) is 26.3. The van der Waals surface area contributed by atoms with E-state index in [1.165, 1.54) is 9.80 Å². The fraction of sp³-hybridized carbons (Fsp3) is 0.727. The van der Waals surface area contributed by atoms with Gasteiger partial charge < -0.3 is 14.9 Å². The van der Waals surface area contributed by atoms with E-state index in [0.717, 1.165) is 5.75 Å². The van der Waals surface area contributed by atoms with Crippen molar-refractivity contribution in [1.29, 1.82) is 5.26 Å². The van der Waals surface area contributed by atoms with Crippen molar-refractivity contribution in [3.05, 3.63) is 0 Å². The Morgan fingerprint density at radius 3 is 2.89 bits per heavy atom. The molecule has 1 saturated heterocycles. The van der Waals surface area contributed by atoms with Crippen LogP contribution in [0.15, 0.2) is 0 Å². The molecule has 0 saturated carbocycles. The number of carbonyl (C=O) groups is 2. The Morgan fingerprint density at radius 1 is 1.61 bits per heavy atom. The molecule has 0 aromatic carbocycles. The summed E-state index contributed by atoms with van der Waals surface area (Å²) in [6.45, 7) is 3.10. The Hall–Kier alpha value is -1.42. The number of amides is 2. The van der Waals surface area contributed by atoms with Gasteiger partial charge in [-0.25, -0.2) is 9.59 Å². The van der Waals surface area contributed by atoms with Gasteiger partial charge in [-0.1, -0.05) is 0 Å². The highest BCUT2D eigenvalue weighted by Crippen LogP contribution is 2.18. The number of nitrogens with zero attached hydrogens (tertiary/aromatic N) is 3. The average Bonchev–Trinajstić information content (AvgIpc) is 2.39. The average molecular weight is 271 g/mol. The fourth-order valence-electron chi connectivity index (χ4n) is 1.79. The largest absolute Gasteiger partial charge is 0.480 e. The molecule has 100 valence electrons. The lowest BCUT2D eigenvalue weighted by Crippen LogP contribution is -2.55. The van der Waals surface area contributed by atoms with Crippen LogP contribution in [0.3, 0.4) is 0 Å². The van der Waals surface area contributed by atoms with E-state index in [1.807, 2.05) is 13.0 Å². The molecule has 1 unspecified atom stereocenters. The molecule has 1 aliphatic heterocycles. The number of aliphatic carboxylic acids is 1. The number of carboxylic acids is 1. The lowest BCUT2D eigenvalue weighted by atomic mass is 10.3. The van der Waals surface area contributed by atoms with E-state index in [2.05, 4.69) is 0 Å². The third kappa shape index (κ3) is 3.53. The Bertz CT molecular complexity index is 356. The van der Waals surface area contributed by atoms with E-state index >= 15 is 0 Å². The van der Waals surface area contributed by atoms with Crippen LogP contribution in [0, 0.1) is 11.3 Å². The van der Waals surface area contributed by atoms with Crippen LogP contribution in [0.1, 0.15) is 13.3 Å². The third-order valence-corrected chi connectivity index (χ3v) is 3.83. The van der Waals surface area contributed by atoms with Crippen LogP contribution in [0.5, 0.6) is 0 Å². The summed E-state index contributed by atoms with van der Waals surface area (Å²) < 4.78 is 0. The molecule has 1 heterocycles. The molecule has 2 amide bonds. The van der Waals surface area contributed by atoms with Crippen LogP contribution in [-0.4, -0.2) is 64.1 Å². The van der Waals surface area contributed by atoms with Crippen molar-refractivity contribution in [2.45, 2.75) is 19.4 Å². The zero-order valence-corrected chi connectivity index (χ0v) is 11.2. The molecule has 0 bridgehead atoms. The van der Waals surface area contributed by atoms with Gasteiger partial charge in [0.25, 0.3) is 0 Å². The van der Waals surface area contributed by atoms with Gasteiger partial charge in [0.1, 0.15) is 6.04 Å². The number of hydrogen-bond acceptors (Lipinski definition) is 4. The molecule has 0 radical (unpaired) electrons. The van der Waals surface area contributed by atoms with E-state index < -0.39 is 12.0 Å². The second kappa shape index (κ2) is 7.11. The molecule has 18 heavy (non-hydrogen) atoms. The predicted octanol–water partition coefficient (Wildman–Crippen LogP) is 0.844. The van der Waals surface area contributed by atoms with E-state index in [9.17, 15) is 9.59 Å². The normalized spacial score (nSPS) is 19.1. The molecule has 1 N–H and O–H groups in total. The second-order valence-electron chi connectivity index (χ2n) is 3.89. The molecule has 1 rings (SSSR count). The van der Waals surface area contributed by atoms with Crippen molar-refractivity contribution in [2.75, 3.05) is 31.1 Å². The first kappa shape index (κ1) is 14.6. The second-order valence-corrected chi connectivity index (χ2v) is 5.04. The Morgan fingerprint density at radius 2 is 2.33 bits per heavy atom. The summed E-state index contributed by atoms with van der Waals surface area (Å²) in [6, 6.07) is 0.957. The van der Waals surface area contributed by atoms with E-state index in [1.54, 1.807) is 11.8 Å². The number of nitriles is 1. The van der Waals surface area contributed by atoms with Crippen LogP contribution in [0.25, 0.3) is 0 Å². The van der Waals surface area contributed by atoms with E-state index in [4.69, 9.17) is 10.4 Å². The molecule has 0 aliphatic carbocycles. The van der Waals surface area contributed by atoms with Gasteiger partial charge in [0.2, 0.25) is 0 Å². The van der Waals surface area contributed by atoms with Gasteiger partial charge in [-0.05, 0) is 6.92 Å². The molecular weight excluding hydrogens is 254 g/mol. The van der Waals surface area contributed by atoms with Crippen LogP contribution < -0.4 is 0 Å². The minimum atomic E-state index is -0.966. The van der Waals surface area contributed by atoms with E-state index in [-0.39, 0.29) is 12.5 Å². The summed E-state index contributed by atoms with van der Waals surface area (Å²) in [6.07, 6.45) is 0.264. The smallest absolute Gasteiger partial charge is 0.327 e. The first-order valence-corrected chi connectivity index (χ1v) is 7.00. The third-order valence-electron chi connectivity index (χ3n) is 2.80.